The average Bonchev–Trinajstić information content (AvgIpc) is 2.31. The normalized spacial score (nSPS) is 6.87. The molecule has 0 aliphatic carbocycles. The summed E-state index contributed by atoms with van der Waals surface area (Å²) < 4.78 is 5.65. The molecule has 0 unspecified atom stereocenters. The summed E-state index contributed by atoms with van der Waals surface area (Å²) in [5.74, 6) is 0. The maximum atomic E-state index is 2.23. The van der Waals surface area contributed by atoms with Gasteiger partial charge in [0.25, 0.3) is 0 Å². The summed E-state index contributed by atoms with van der Waals surface area (Å²) >= 11 is 1.64. The molecule has 0 radical (unpaired) electrons. The summed E-state index contributed by atoms with van der Waals surface area (Å²) in [7, 11) is 2.05. The van der Waals surface area contributed by atoms with Crippen LogP contribution in [0.1, 0.15) is 6.42 Å². The summed E-state index contributed by atoms with van der Waals surface area (Å²) in [6, 6.07) is 0. The fourth-order valence-corrected chi connectivity index (χ4v) is 1.28. The standard InChI is InChI=1S/C7H12N2.5ClH.Zr/c1-3-4-9-6-5-8(2)7-9;;;;;;/h5-7H,1,3-4H2,2H3;5*1H;/q+1;;;;;;+4/p-5. The van der Waals surface area contributed by atoms with Gasteiger partial charge in [0.15, 0.2) is 0 Å². The zero-order chi connectivity index (χ0) is 7.40. The number of hydrogen-bond donors (Lipinski definition) is 0. The molecule has 0 N–H and O–H groups in total. The van der Waals surface area contributed by atoms with Gasteiger partial charge in [-0.3, -0.25) is 0 Å². The van der Waals surface area contributed by atoms with Crippen LogP contribution in [0, 0.1) is 0 Å². The summed E-state index contributed by atoms with van der Waals surface area (Å²) in [6.07, 6.45) is 7.62. The Morgan fingerprint density at radius 2 is 1.67 bits per heavy atom. The van der Waals surface area contributed by atoms with E-state index < -0.39 is 0 Å². The van der Waals surface area contributed by atoms with Crippen LogP contribution in [0.4, 0.5) is 0 Å². The number of imidazole rings is 1. The summed E-state index contributed by atoms with van der Waals surface area (Å²) in [5.41, 5.74) is 0. The Balaban J connectivity index is -0.0000000667. The molecule has 0 atom stereocenters. The van der Waals surface area contributed by atoms with E-state index in [1.165, 1.54) is 17.1 Å². The first-order valence-electron chi connectivity index (χ1n) is 3.48. The van der Waals surface area contributed by atoms with E-state index in [4.69, 9.17) is 0 Å². The number of halogens is 5. The summed E-state index contributed by atoms with van der Waals surface area (Å²) in [5, 5.41) is 0. The van der Waals surface area contributed by atoms with Gasteiger partial charge in [0.05, 0.1) is 0 Å². The molecular formula is C7H12Cl5N2Zr. The maximum Gasteiger partial charge on any atom is -1.00 e. The van der Waals surface area contributed by atoms with Crippen LogP contribution in [0.25, 0.3) is 0 Å². The topological polar surface area (TPSA) is 8.81 Å². The molecule has 89 valence electrons. The zero-order valence-electron chi connectivity index (χ0n) is 8.14. The Kier molecular flexibility index (Phi) is 35.8. The van der Waals surface area contributed by atoms with Crippen molar-refractivity contribution in [3.05, 3.63) is 18.7 Å². The van der Waals surface area contributed by atoms with Crippen LogP contribution in [0.15, 0.2) is 18.7 Å². The van der Waals surface area contributed by atoms with Gasteiger partial charge in [0.2, 0.25) is 0 Å². The van der Waals surface area contributed by atoms with Gasteiger partial charge in [0, 0.05) is 0 Å². The third kappa shape index (κ3) is 13.5. The molecule has 1 heterocycles. The van der Waals surface area contributed by atoms with Crippen molar-refractivity contribution in [2.24, 2.45) is 7.05 Å². The van der Waals surface area contributed by atoms with Crippen molar-refractivity contribution in [2.75, 3.05) is 0 Å². The number of aryl methyl sites for hydroxylation is 2. The minimum Gasteiger partial charge on any atom is -1.00 e. The Labute approximate surface area is 137 Å². The maximum absolute atomic E-state index is 2.23. The molecule has 15 heavy (non-hydrogen) atoms. The van der Waals surface area contributed by atoms with Crippen molar-refractivity contribution in [1.82, 2.24) is 4.57 Å². The minimum absolute atomic E-state index is 0. The Hall–Kier alpha value is 1.54. The second kappa shape index (κ2) is 17.9. The second-order valence-electron chi connectivity index (χ2n) is 2.42. The molecule has 1 aromatic heterocycles. The third-order valence-corrected chi connectivity index (χ3v) is 2.29. The number of rotatable bonds is 3. The van der Waals surface area contributed by atoms with Crippen LogP contribution >= 0.6 is 0 Å². The molecule has 0 aliphatic heterocycles. The smallest absolute Gasteiger partial charge is 1.00 e. The van der Waals surface area contributed by atoms with Crippen LogP contribution in [-0.4, -0.2) is 4.57 Å². The van der Waals surface area contributed by atoms with Crippen molar-refractivity contribution >= 4 is 0 Å². The van der Waals surface area contributed by atoms with Crippen LogP contribution in [-0.2, 0) is 38.3 Å². The van der Waals surface area contributed by atoms with Gasteiger partial charge in [-0.15, -0.1) is 0 Å². The van der Waals surface area contributed by atoms with Gasteiger partial charge in [-0.25, -0.2) is 0 Å². The molecule has 0 spiro atoms. The molecule has 0 amide bonds. The molecule has 0 fully saturated rings. The molecule has 1 rings (SSSR count). The molecular weight excluding hydrogens is 381 g/mol. The predicted molar refractivity (Wildman–Crippen MR) is 35.0 cm³/mol. The van der Waals surface area contributed by atoms with Crippen LogP contribution in [0.3, 0.4) is 0 Å². The third-order valence-electron chi connectivity index (χ3n) is 1.42. The van der Waals surface area contributed by atoms with E-state index in [1.807, 2.05) is 7.05 Å². The van der Waals surface area contributed by atoms with Crippen molar-refractivity contribution in [3.63, 3.8) is 0 Å². The van der Waals surface area contributed by atoms with E-state index in [0.717, 1.165) is 0 Å². The molecule has 8 heteroatoms. The molecule has 0 aliphatic rings. The van der Waals surface area contributed by atoms with E-state index in [1.54, 1.807) is 24.7 Å². The quantitative estimate of drug-likeness (QED) is 0.452. The zero-order valence-corrected chi connectivity index (χ0v) is 14.4. The number of aromatic nitrogens is 2. The fourth-order valence-electron chi connectivity index (χ4n) is 0.896. The summed E-state index contributed by atoms with van der Waals surface area (Å²) in [6.45, 7) is 1.17. The fraction of sp³-hybridized carbons (Fsp3) is 0.571. The molecule has 0 aromatic carbocycles. The van der Waals surface area contributed by atoms with Crippen molar-refractivity contribution < 1.29 is 91.3 Å². The monoisotopic (exact) mass is 389 g/mol. The van der Waals surface area contributed by atoms with Gasteiger partial charge in [-0.2, -0.15) is 0 Å². The van der Waals surface area contributed by atoms with Gasteiger partial charge >= 0.3 is 76.7 Å². The molecule has 2 nitrogen and oxygen atoms in total. The van der Waals surface area contributed by atoms with E-state index in [2.05, 4.69) is 27.9 Å². The van der Waals surface area contributed by atoms with Crippen molar-refractivity contribution in [3.8, 4) is 0 Å². The van der Waals surface area contributed by atoms with Gasteiger partial charge < -0.3 is 62.0 Å². The molecule has 0 bridgehead atoms. The van der Waals surface area contributed by atoms with Crippen molar-refractivity contribution in [1.29, 1.82) is 0 Å². The average molecular weight is 393 g/mol. The molecule has 0 saturated heterocycles. The van der Waals surface area contributed by atoms with E-state index in [0.29, 0.717) is 0 Å². The number of hydrogen-bond acceptors (Lipinski definition) is 0. The number of nitrogens with zero attached hydrogens (tertiary/aromatic N) is 2. The molecule has 0 saturated carbocycles. The minimum atomic E-state index is 0. The first-order valence-corrected chi connectivity index (χ1v) is 5.22. The Morgan fingerprint density at radius 1 is 1.13 bits per heavy atom. The van der Waals surface area contributed by atoms with Gasteiger partial charge in [-0.1, -0.05) is 0 Å². The van der Waals surface area contributed by atoms with E-state index in [-0.39, 0.29) is 62.0 Å². The first kappa shape index (κ1) is 30.0. The SMILES string of the molecule is Cn1cc[n+](CC[CH2][Zr+4])c1.[Cl-].[Cl-].[Cl-].[Cl-].[Cl-]. The van der Waals surface area contributed by atoms with E-state index >= 15 is 0 Å². The van der Waals surface area contributed by atoms with Crippen LogP contribution in [0.5, 0.6) is 0 Å². The summed E-state index contributed by atoms with van der Waals surface area (Å²) in [4.78, 5) is 0. The van der Waals surface area contributed by atoms with Crippen molar-refractivity contribution in [2.45, 2.75) is 17.1 Å². The first-order chi connectivity index (χ1) is 4.83. The molecule has 1 aromatic rings. The van der Waals surface area contributed by atoms with Gasteiger partial charge in [-0.05, 0) is 0 Å². The Bertz CT molecular complexity index is 209. The van der Waals surface area contributed by atoms with E-state index in [9.17, 15) is 0 Å². The Morgan fingerprint density at radius 3 is 2.00 bits per heavy atom. The largest absolute Gasteiger partial charge is 1.00 e. The second-order valence-corrected chi connectivity index (χ2v) is 3.65. The van der Waals surface area contributed by atoms with Crippen LogP contribution in [0.2, 0.25) is 4.13 Å². The van der Waals surface area contributed by atoms with Gasteiger partial charge in [0.1, 0.15) is 0 Å². The predicted octanol–water partition coefficient (Wildman–Crippen LogP) is -14.3. The van der Waals surface area contributed by atoms with Crippen LogP contribution < -0.4 is 66.6 Å².